The summed E-state index contributed by atoms with van der Waals surface area (Å²) in [7, 11) is 1.83. The summed E-state index contributed by atoms with van der Waals surface area (Å²) in [6.45, 7) is 3.44. The van der Waals surface area contributed by atoms with Crippen molar-refractivity contribution in [1.82, 2.24) is 9.88 Å². The number of aromatic nitrogens is 1. The van der Waals surface area contributed by atoms with E-state index in [0.29, 0.717) is 22.9 Å². The Labute approximate surface area is 142 Å². The van der Waals surface area contributed by atoms with E-state index in [-0.39, 0.29) is 5.91 Å². The molecular formula is C18H22ClN3O. The molecule has 0 unspecified atom stereocenters. The van der Waals surface area contributed by atoms with Gasteiger partial charge in [-0.3, -0.25) is 4.79 Å². The number of carbonyl (C=O) groups excluding carboxylic acids is 1. The van der Waals surface area contributed by atoms with Crippen LogP contribution in [-0.2, 0) is 6.54 Å². The number of carbonyl (C=O) groups is 1. The van der Waals surface area contributed by atoms with Crippen LogP contribution in [0.1, 0.15) is 35.7 Å². The molecular weight excluding hydrogens is 310 g/mol. The maximum Gasteiger partial charge on any atom is 0.253 e. The SMILES string of the molecule is CCCCN(C)C(=O)c1ccnc(NCc2ccccc2Cl)c1. The van der Waals surface area contributed by atoms with Crippen molar-refractivity contribution in [3.8, 4) is 0 Å². The Balaban J connectivity index is 2.02. The molecule has 0 aliphatic carbocycles. The van der Waals surface area contributed by atoms with E-state index in [9.17, 15) is 4.79 Å². The molecule has 0 fully saturated rings. The van der Waals surface area contributed by atoms with Crippen LogP contribution in [0.2, 0.25) is 5.02 Å². The number of hydrogen-bond acceptors (Lipinski definition) is 3. The zero-order valence-corrected chi connectivity index (χ0v) is 14.3. The fraction of sp³-hybridized carbons (Fsp3) is 0.333. The van der Waals surface area contributed by atoms with Gasteiger partial charge in [0.2, 0.25) is 0 Å². The molecule has 1 amide bonds. The van der Waals surface area contributed by atoms with Crippen molar-refractivity contribution in [2.75, 3.05) is 18.9 Å². The molecule has 1 aromatic heterocycles. The monoisotopic (exact) mass is 331 g/mol. The van der Waals surface area contributed by atoms with Gasteiger partial charge in [-0.1, -0.05) is 43.1 Å². The van der Waals surface area contributed by atoms with Crippen molar-refractivity contribution in [2.45, 2.75) is 26.3 Å². The smallest absolute Gasteiger partial charge is 0.253 e. The van der Waals surface area contributed by atoms with E-state index in [1.165, 1.54) is 0 Å². The molecule has 4 nitrogen and oxygen atoms in total. The number of nitrogens with one attached hydrogen (secondary N) is 1. The fourth-order valence-electron chi connectivity index (χ4n) is 2.21. The second-order valence-electron chi connectivity index (χ2n) is 5.45. The highest BCUT2D eigenvalue weighted by Crippen LogP contribution is 2.17. The zero-order chi connectivity index (χ0) is 16.7. The molecule has 0 saturated carbocycles. The predicted molar refractivity (Wildman–Crippen MR) is 94.9 cm³/mol. The lowest BCUT2D eigenvalue weighted by Gasteiger charge is -2.17. The van der Waals surface area contributed by atoms with Crippen LogP contribution in [0.3, 0.4) is 0 Å². The summed E-state index contributed by atoms with van der Waals surface area (Å²) >= 11 is 6.14. The number of hydrogen-bond donors (Lipinski definition) is 1. The summed E-state index contributed by atoms with van der Waals surface area (Å²) in [5.74, 6) is 0.682. The molecule has 2 rings (SSSR count). The lowest BCUT2D eigenvalue weighted by atomic mass is 10.2. The number of amides is 1. The van der Waals surface area contributed by atoms with E-state index in [1.54, 1.807) is 23.2 Å². The predicted octanol–water partition coefficient (Wildman–Crippen LogP) is 4.22. The Hall–Kier alpha value is -2.07. The zero-order valence-electron chi connectivity index (χ0n) is 13.6. The van der Waals surface area contributed by atoms with Crippen LogP contribution in [0.5, 0.6) is 0 Å². The van der Waals surface area contributed by atoms with Gasteiger partial charge >= 0.3 is 0 Å². The highest BCUT2D eigenvalue weighted by Gasteiger charge is 2.12. The van der Waals surface area contributed by atoms with Crippen LogP contribution in [0, 0.1) is 0 Å². The van der Waals surface area contributed by atoms with Crippen LogP contribution >= 0.6 is 11.6 Å². The molecule has 0 radical (unpaired) electrons. The minimum absolute atomic E-state index is 0.0154. The molecule has 0 saturated heterocycles. The first-order valence-corrected chi connectivity index (χ1v) is 8.18. The number of unbranched alkanes of at least 4 members (excludes halogenated alkanes) is 1. The summed E-state index contributed by atoms with van der Waals surface area (Å²) in [6, 6.07) is 11.2. The molecule has 0 atom stereocenters. The highest BCUT2D eigenvalue weighted by atomic mass is 35.5. The summed E-state index contributed by atoms with van der Waals surface area (Å²) in [5, 5.41) is 3.93. The minimum Gasteiger partial charge on any atom is -0.366 e. The van der Waals surface area contributed by atoms with Gasteiger partial charge in [-0.25, -0.2) is 4.98 Å². The molecule has 122 valence electrons. The van der Waals surface area contributed by atoms with Gasteiger partial charge in [0.05, 0.1) is 0 Å². The van der Waals surface area contributed by atoms with Gasteiger partial charge in [0.15, 0.2) is 0 Å². The van der Waals surface area contributed by atoms with Gasteiger partial charge < -0.3 is 10.2 Å². The van der Waals surface area contributed by atoms with Gasteiger partial charge in [0.25, 0.3) is 5.91 Å². The molecule has 23 heavy (non-hydrogen) atoms. The number of pyridine rings is 1. The third kappa shape index (κ3) is 4.96. The molecule has 0 bridgehead atoms. The number of nitrogens with zero attached hydrogens (tertiary/aromatic N) is 2. The average molecular weight is 332 g/mol. The van der Waals surface area contributed by atoms with E-state index in [0.717, 1.165) is 24.9 Å². The van der Waals surface area contributed by atoms with Gasteiger partial charge in [0.1, 0.15) is 5.82 Å². The van der Waals surface area contributed by atoms with Gasteiger partial charge in [-0.05, 0) is 30.2 Å². The standard InChI is InChI=1S/C18H22ClN3O/c1-3-4-11-22(2)18(23)14-9-10-20-17(12-14)21-13-15-7-5-6-8-16(15)19/h5-10,12H,3-4,11,13H2,1-2H3,(H,20,21). The second kappa shape index (κ2) is 8.53. The first-order valence-electron chi connectivity index (χ1n) is 7.80. The Bertz CT molecular complexity index is 660. The van der Waals surface area contributed by atoms with Crippen molar-refractivity contribution in [3.05, 3.63) is 58.7 Å². The van der Waals surface area contributed by atoms with Crippen LogP contribution in [0.25, 0.3) is 0 Å². The quantitative estimate of drug-likeness (QED) is 0.826. The number of halogens is 1. The van der Waals surface area contributed by atoms with Crippen molar-refractivity contribution < 1.29 is 4.79 Å². The van der Waals surface area contributed by atoms with Crippen LogP contribution in [0.4, 0.5) is 5.82 Å². The Morgan fingerprint density at radius 2 is 2.09 bits per heavy atom. The molecule has 0 aliphatic rings. The Morgan fingerprint density at radius 3 is 2.83 bits per heavy atom. The average Bonchev–Trinajstić information content (AvgIpc) is 2.58. The van der Waals surface area contributed by atoms with E-state index in [4.69, 9.17) is 11.6 Å². The summed E-state index contributed by atoms with van der Waals surface area (Å²) in [5.41, 5.74) is 1.63. The first kappa shape index (κ1) is 17.3. The van der Waals surface area contributed by atoms with Crippen molar-refractivity contribution in [3.63, 3.8) is 0 Å². The number of rotatable bonds is 7. The maximum atomic E-state index is 12.4. The summed E-state index contributed by atoms with van der Waals surface area (Å²) < 4.78 is 0. The maximum absolute atomic E-state index is 12.4. The highest BCUT2D eigenvalue weighted by molar-refractivity contribution is 6.31. The van der Waals surface area contributed by atoms with Crippen LogP contribution in [-0.4, -0.2) is 29.4 Å². The molecule has 2 aromatic rings. The van der Waals surface area contributed by atoms with Crippen molar-refractivity contribution >= 4 is 23.3 Å². The largest absolute Gasteiger partial charge is 0.366 e. The molecule has 1 N–H and O–H groups in total. The fourth-order valence-corrected chi connectivity index (χ4v) is 2.41. The first-order chi connectivity index (χ1) is 11.1. The Kier molecular flexibility index (Phi) is 6.41. The minimum atomic E-state index is 0.0154. The van der Waals surface area contributed by atoms with Gasteiger partial charge in [0, 0.05) is 36.9 Å². The number of anilines is 1. The van der Waals surface area contributed by atoms with Gasteiger partial charge in [-0.15, -0.1) is 0 Å². The van der Waals surface area contributed by atoms with Crippen molar-refractivity contribution in [2.24, 2.45) is 0 Å². The van der Waals surface area contributed by atoms with E-state index >= 15 is 0 Å². The molecule has 0 spiro atoms. The lowest BCUT2D eigenvalue weighted by molar-refractivity contribution is 0.0793. The lowest BCUT2D eigenvalue weighted by Crippen LogP contribution is -2.27. The van der Waals surface area contributed by atoms with Gasteiger partial charge in [-0.2, -0.15) is 0 Å². The molecule has 5 heteroatoms. The summed E-state index contributed by atoms with van der Waals surface area (Å²) in [6.07, 6.45) is 3.72. The second-order valence-corrected chi connectivity index (χ2v) is 5.86. The summed E-state index contributed by atoms with van der Waals surface area (Å²) in [4.78, 5) is 18.4. The Morgan fingerprint density at radius 1 is 1.30 bits per heavy atom. The third-order valence-electron chi connectivity index (χ3n) is 3.62. The third-order valence-corrected chi connectivity index (χ3v) is 3.99. The van der Waals surface area contributed by atoms with E-state index in [1.807, 2.05) is 31.3 Å². The number of benzene rings is 1. The van der Waals surface area contributed by atoms with E-state index in [2.05, 4.69) is 17.2 Å². The molecule has 0 aliphatic heterocycles. The van der Waals surface area contributed by atoms with Crippen LogP contribution in [0.15, 0.2) is 42.6 Å². The molecule has 1 heterocycles. The van der Waals surface area contributed by atoms with E-state index < -0.39 is 0 Å². The van der Waals surface area contributed by atoms with Crippen LogP contribution < -0.4 is 5.32 Å². The topological polar surface area (TPSA) is 45.2 Å². The van der Waals surface area contributed by atoms with Crippen molar-refractivity contribution in [1.29, 1.82) is 0 Å². The molecule has 1 aromatic carbocycles. The normalized spacial score (nSPS) is 10.4.